The highest BCUT2D eigenvalue weighted by molar-refractivity contribution is 9.12. The highest BCUT2D eigenvalue weighted by Crippen LogP contribution is 2.29. The predicted octanol–water partition coefficient (Wildman–Crippen LogP) is 7.70. The molecule has 0 aliphatic heterocycles. The number of aliphatic hydroxyl groups is 1. The Morgan fingerprint density at radius 2 is 1.42 bits per heavy atom. The summed E-state index contributed by atoms with van der Waals surface area (Å²) in [5, 5.41) is 10.8. The highest BCUT2D eigenvalue weighted by atomic mass is 79.9. The van der Waals surface area contributed by atoms with Crippen LogP contribution in [0.3, 0.4) is 0 Å². The second-order valence-electron chi connectivity index (χ2n) is 10.7. The van der Waals surface area contributed by atoms with Gasteiger partial charge in [0.25, 0.3) is 0 Å². The highest BCUT2D eigenvalue weighted by Gasteiger charge is 2.27. The molecule has 0 bridgehead atoms. The lowest BCUT2D eigenvalue weighted by Crippen LogP contribution is -2.25. The van der Waals surface area contributed by atoms with Crippen LogP contribution in [0.15, 0.2) is 21.7 Å². The second kappa shape index (κ2) is 13.7. The summed E-state index contributed by atoms with van der Waals surface area (Å²) in [5.41, 5.74) is 0.174. The van der Waals surface area contributed by atoms with E-state index in [2.05, 4.69) is 43.6 Å². The summed E-state index contributed by atoms with van der Waals surface area (Å²) in [6, 6.07) is 0. The van der Waals surface area contributed by atoms with Gasteiger partial charge in [0, 0.05) is 11.1 Å². The minimum Gasteiger partial charge on any atom is -0.390 e. The summed E-state index contributed by atoms with van der Waals surface area (Å²) in [7, 11) is 0. The van der Waals surface area contributed by atoms with E-state index in [1.165, 1.54) is 44.6 Å². The molecule has 0 fully saturated rings. The summed E-state index contributed by atoms with van der Waals surface area (Å²) in [5.74, 6) is 2.08. The number of Topliss-reactive ketones (excluding diaryl/α,β-unsaturated/α-hetero) is 1. The molecule has 0 saturated heterocycles. The van der Waals surface area contributed by atoms with Crippen LogP contribution in [0.25, 0.3) is 0 Å². The maximum absolute atomic E-state index is 12.3. The smallest absolute Gasteiger partial charge is 0.193 e. The van der Waals surface area contributed by atoms with Crippen LogP contribution < -0.4 is 0 Å². The van der Waals surface area contributed by atoms with Gasteiger partial charge in [-0.25, -0.2) is 0 Å². The third kappa shape index (κ3) is 11.1. The first kappa shape index (κ1) is 28.3. The average molecular weight is 498 g/mol. The van der Waals surface area contributed by atoms with Gasteiger partial charge in [0.2, 0.25) is 0 Å². The van der Waals surface area contributed by atoms with Crippen LogP contribution in [0.5, 0.6) is 0 Å². The van der Waals surface area contributed by atoms with Gasteiger partial charge in [-0.05, 0) is 72.9 Å². The third-order valence-electron chi connectivity index (χ3n) is 6.70. The molecular weight excluding hydrogens is 452 g/mol. The molecule has 0 aromatic carbocycles. The van der Waals surface area contributed by atoms with Gasteiger partial charge in [-0.15, -0.1) is 0 Å². The van der Waals surface area contributed by atoms with Gasteiger partial charge in [-0.3, -0.25) is 9.59 Å². The molecular formula is C27H45BrO3. The Hall–Kier alpha value is -0.740. The molecule has 4 heteroatoms. The molecule has 0 amide bonds. The van der Waals surface area contributed by atoms with Crippen molar-refractivity contribution in [3.05, 3.63) is 21.7 Å². The van der Waals surface area contributed by atoms with E-state index in [4.69, 9.17) is 0 Å². The van der Waals surface area contributed by atoms with Gasteiger partial charge >= 0.3 is 0 Å². The average Bonchev–Trinajstić information content (AvgIpc) is 2.67. The number of carbonyl (C=O) groups is 2. The van der Waals surface area contributed by atoms with Gasteiger partial charge in [-0.1, -0.05) is 79.1 Å². The van der Waals surface area contributed by atoms with E-state index >= 15 is 0 Å². The summed E-state index contributed by atoms with van der Waals surface area (Å²) < 4.78 is 0.354. The van der Waals surface area contributed by atoms with Crippen molar-refractivity contribution in [1.82, 2.24) is 0 Å². The van der Waals surface area contributed by atoms with Crippen LogP contribution in [-0.4, -0.2) is 22.3 Å². The van der Waals surface area contributed by atoms with E-state index in [1.807, 2.05) is 6.92 Å². The quantitative estimate of drug-likeness (QED) is 0.236. The molecule has 3 atom stereocenters. The summed E-state index contributed by atoms with van der Waals surface area (Å²) >= 11 is 3.18. The van der Waals surface area contributed by atoms with E-state index in [9.17, 15) is 14.7 Å². The number of allylic oxidation sites excluding steroid dienone is 4. The molecule has 0 heterocycles. The predicted molar refractivity (Wildman–Crippen MR) is 134 cm³/mol. The zero-order chi connectivity index (χ0) is 23.6. The van der Waals surface area contributed by atoms with Crippen LogP contribution in [0.1, 0.15) is 112 Å². The Morgan fingerprint density at radius 1 is 0.903 bits per heavy atom. The van der Waals surface area contributed by atoms with Crippen molar-refractivity contribution in [2.75, 3.05) is 0 Å². The van der Waals surface area contributed by atoms with Gasteiger partial charge < -0.3 is 5.11 Å². The Balaban J connectivity index is 2.25. The molecule has 0 aromatic heterocycles. The van der Waals surface area contributed by atoms with E-state index < -0.39 is 5.60 Å². The largest absolute Gasteiger partial charge is 0.390 e. The fourth-order valence-electron chi connectivity index (χ4n) is 4.34. The van der Waals surface area contributed by atoms with Crippen LogP contribution in [0.4, 0.5) is 0 Å². The number of hydrogen-bond donors (Lipinski definition) is 1. The number of carbonyl (C=O) groups excluding carboxylic acids is 2. The van der Waals surface area contributed by atoms with Gasteiger partial charge in [0.1, 0.15) is 0 Å². The van der Waals surface area contributed by atoms with Crippen molar-refractivity contribution in [2.45, 2.75) is 118 Å². The van der Waals surface area contributed by atoms with Crippen molar-refractivity contribution in [1.29, 1.82) is 0 Å². The summed E-state index contributed by atoms with van der Waals surface area (Å²) in [6.07, 6.45) is 13.2. The number of rotatable bonds is 15. The molecule has 31 heavy (non-hydrogen) atoms. The molecule has 1 unspecified atom stereocenters. The lowest BCUT2D eigenvalue weighted by Gasteiger charge is -2.25. The first-order valence-electron chi connectivity index (χ1n) is 12.3. The Labute approximate surface area is 199 Å². The Kier molecular flexibility index (Phi) is 12.5. The topological polar surface area (TPSA) is 54.4 Å². The zero-order valence-corrected chi connectivity index (χ0v) is 22.3. The van der Waals surface area contributed by atoms with Crippen molar-refractivity contribution in [2.24, 2.45) is 17.8 Å². The van der Waals surface area contributed by atoms with Crippen LogP contribution in [-0.2, 0) is 9.59 Å². The molecule has 0 radical (unpaired) electrons. The molecule has 1 rings (SSSR count). The standard InChI is InChI=1S/C27H45BrO3/c1-19(2)10-7-11-20(3)12-8-13-21(4)14-9-16-27(6,31)17-15-23-18-24(29)25(28)22(5)26(23)30/h18-21,31H,7-17H2,1-6H3/t20-,21-,27?/m1/s1. The van der Waals surface area contributed by atoms with Gasteiger partial charge in [-0.2, -0.15) is 0 Å². The van der Waals surface area contributed by atoms with Crippen molar-refractivity contribution >= 4 is 27.5 Å². The molecule has 1 N–H and O–H groups in total. The minimum absolute atomic E-state index is 0.0886. The lowest BCUT2D eigenvalue weighted by molar-refractivity contribution is -0.115. The van der Waals surface area contributed by atoms with Crippen molar-refractivity contribution in [3.8, 4) is 0 Å². The fraction of sp³-hybridized carbons (Fsp3) is 0.778. The normalized spacial score (nSPS) is 18.9. The zero-order valence-electron chi connectivity index (χ0n) is 20.7. The Bertz CT molecular complexity index is 657. The molecule has 0 aromatic rings. The lowest BCUT2D eigenvalue weighted by atomic mass is 9.86. The molecule has 1 aliphatic rings. The van der Waals surface area contributed by atoms with Crippen molar-refractivity contribution < 1.29 is 14.7 Å². The fourth-order valence-corrected chi connectivity index (χ4v) is 4.63. The van der Waals surface area contributed by atoms with Crippen LogP contribution in [0, 0.1) is 17.8 Å². The molecule has 1 aliphatic carbocycles. The first-order chi connectivity index (χ1) is 14.4. The first-order valence-corrected chi connectivity index (χ1v) is 13.1. The van der Waals surface area contributed by atoms with Gasteiger partial charge in [0.15, 0.2) is 11.6 Å². The van der Waals surface area contributed by atoms with E-state index in [-0.39, 0.29) is 11.6 Å². The van der Waals surface area contributed by atoms with E-state index in [0.717, 1.165) is 31.1 Å². The van der Waals surface area contributed by atoms with E-state index in [1.54, 1.807) is 6.92 Å². The third-order valence-corrected chi connectivity index (χ3v) is 7.69. The van der Waals surface area contributed by atoms with Crippen LogP contribution >= 0.6 is 15.9 Å². The SMILES string of the molecule is CC1=C(Br)C(=O)C=C(CCC(C)(O)CCC[C@H](C)CCC[C@H](C)CCCC(C)C)C1=O. The number of halogens is 1. The van der Waals surface area contributed by atoms with Crippen LogP contribution in [0.2, 0.25) is 0 Å². The number of hydrogen-bond acceptors (Lipinski definition) is 3. The Morgan fingerprint density at radius 3 is 1.97 bits per heavy atom. The molecule has 0 spiro atoms. The van der Waals surface area contributed by atoms with Crippen molar-refractivity contribution in [3.63, 3.8) is 0 Å². The minimum atomic E-state index is -0.804. The van der Waals surface area contributed by atoms with Gasteiger partial charge in [0.05, 0.1) is 10.1 Å². The maximum atomic E-state index is 12.3. The summed E-state index contributed by atoms with van der Waals surface area (Å²) in [6.45, 7) is 12.8. The summed E-state index contributed by atoms with van der Waals surface area (Å²) in [4.78, 5) is 24.3. The molecule has 178 valence electrons. The van der Waals surface area contributed by atoms with E-state index in [0.29, 0.717) is 34.4 Å². The maximum Gasteiger partial charge on any atom is 0.193 e. The monoisotopic (exact) mass is 496 g/mol. The number of ketones is 2. The second-order valence-corrected chi connectivity index (χ2v) is 11.5. The molecule has 3 nitrogen and oxygen atoms in total. The molecule has 0 saturated carbocycles.